The summed E-state index contributed by atoms with van der Waals surface area (Å²) in [6, 6.07) is -0.666. The minimum atomic E-state index is -1.44. The third kappa shape index (κ3) is 10.7. The number of hydrogen-bond donors (Lipinski definition) is 3. The molecule has 21 heavy (non-hydrogen) atoms. The zero-order valence-corrected chi connectivity index (χ0v) is 13.9. The number of aliphatic carboxylic acids is 1. The van der Waals surface area contributed by atoms with Crippen LogP contribution in [0.15, 0.2) is 0 Å². The van der Waals surface area contributed by atoms with Gasteiger partial charge < -0.3 is 15.9 Å². The Hall–Kier alpha value is -0.610. The highest BCUT2D eigenvalue weighted by atomic mass is 16.4. The number of unbranched alkanes of at least 4 members (excludes halogenated alkanes) is 9. The average Bonchev–Trinajstić information content (AvgIpc) is 2.47. The van der Waals surface area contributed by atoms with Crippen LogP contribution < -0.4 is 5.73 Å². The van der Waals surface area contributed by atoms with Gasteiger partial charge in [0.15, 0.2) is 6.10 Å². The first-order chi connectivity index (χ1) is 10.0. The number of carbonyl (C=O) groups is 1. The van der Waals surface area contributed by atoms with Gasteiger partial charge in [-0.25, -0.2) is 4.79 Å². The highest BCUT2D eigenvalue weighted by Gasteiger charge is 2.26. The summed E-state index contributed by atoms with van der Waals surface area (Å²) in [7, 11) is 0. The SMILES string of the molecule is CCCCCCCCCCCCC(C)C(N)C(O)C(=O)O. The second-order valence-electron chi connectivity index (χ2n) is 6.31. The first-order valence-corrected chi connectivity index (χ1v) is 8.67. The molecule has 4 N–H and O–H groups in total. The average molecular weight is 301 g/mol. The molecule has 0 fully saturated rings. The second-order valence-corrected chi connectivity index (χ2v) is 6.31. The maximum absolute atomic E-state index is 10.7. The van der Waals surface area contributed by atoms with Crippen molar-refractivity contribution in [2.24, 2.45) is 11.7 Å². The van der Waals surface area contributed by atoms with Crippen LogP contribution in [0.1, 0.15) is 84.5 Å². The fraction of sp³-hybridized carbons (Fsp3) is 0.941. The van der Waals surface area contributed by atoms with E-state index in [0.717, 1.165) is 12.8 Å². The minimum Gasteiger partial charge on any atom is -0.479 e. The summed E-state index contributed by atoms with van der Waals surface area (Å²) in [4.78, 5) is 10.7. The number of rotatable bonds is 14. The van der Waals surface area contributed by atoms with Gasteiger partial charge in [0.25, 0.3) is 0 Å². The molecule has 0 amide bonds. The van der Waals surface area contributed by atoms with E-state index in [1.165, 1.54) is 57.8 Å². The third-order valence-electron chi connectivity index (χ3n) is 4.29. The molecule has 0 aliphatic carbocycles. The van der Waals surface area contributed by atoms with Gasteiger partial charge in [-0.3, -0.25) is 0 Å². The van der Waals surface area contributed by atoms with E-state index in [4.69, 9.17) is 10.8 Å². The van der Waals surface area contributed by atoms with Crippen molar-refractivity contribution in [3.8, 4) is 0 Å². The van der Waals surface area contributed by atoms with E-state index in [0.29, 0.717) is 0 Å². The van der Waals surface area contributed by atoms with Crippen molar-refractivity contribution in [3.05, 3.63) is 0 Å². The molecule has 0 aliphatic heterocycles. The molecule has 0 radical (unpaired) electrons. The van der Waals surface area contributed by atoms with Gasteiger partial charge in [-0.15, -0.1) is 0 Å². The molecular weight excluding hydrogens is 266 g/mol. The van der Waals surface area contributed by atoms with Crippen LogP contribution in [0.3, 0.4) is 0 Å². The fourth-order valence-corrected chi connectivity index (χ4v) is 2.62. The molecule has 4 nitrogen and oxygen atoms in total. The lowest BCUT2D eigenvalue weighted by Crippen LogP contribution is -2.44. The predicted molar refractivity (Wildman–Crippen MR) is 87.2 cm³/mol. The molecule has 126 valence electrons. The van der Waals surface area contributed by atoms with Gasteiger partial charge in [-0.1, -0.05) is 78.1 Å². The largest absolute Gasteiger partial charge is 0.479 e. The van der Waals surface area contributed by atoms with E-state index in [1.54, 1.807) is 0 Å². The van der Waals surface area contributed by atoms with E-state index in [2.05, 4.69) is 6.92 Å². The van der Waals surface area contributed by atoms with Crippen molar-refractivity contribution in [3.63, 3.8) is 0 Å². The Kier molecular flexibility index (Phi) is 12.7. The highest BCUT2D eigenvalue weighted by molar-refractivity contribution is 5.72. The van der Waals surface area contributed by atoms with Gasteiger partial charge >= 0.3 is 5.97 Å². The normalized spacial score (nSPS) is 15.6. The van der Waals surface area contributed by atoms with Crippen molar-refractivity contribution >= 4 is 5.97 Å². The van der Waals surface area contributed by atoms with Gasteiger partial charge in [0.1, 0.15) is 0 Å². The molecule has 3 unspecified atom stereocenters. The maximum atomic E-state index is 10.7. The van der Waals surface area contributed by atoms with Crippen LogP contribution in [0.25, 0.3) is 0 Å². The van der Waals surface area contributed by atoms with Gasteiger partial charge in [0.2, 0.25) is 0 Å². The van der Waals surface area contributed by atoms with Crippen molar-refractivity contribution in [2.45, 2.75) is 96.6 Å². The van der Waals surface area contributed by atoms with Crippen LogP contribution in [0.5, 0.6) is 0 Å². The van der Waals surface area contributed by atoms with Gasteiger partial charge in [0, 0.05) is 6.04 Å². The van der Waals surface area contributed by atoms with Gasteiger partial charge in [-0.05, 0) is 12.3 Å². The van der Waals surface area contributed by atoms with Crippen LogP contribution >= 0.6 is 0 Å². The molecule has 0 bridgehead atoms. The van der Waals surface area contributed by atoms with Gasteiger partial charge in [0.05, 0.1) is 0 Å². The molecule has 0 heterocycles. The van der Waals surface area contributed by atoms with Crippen LogP contribution in [0.4, 0.5) is 0 Å². The summed E-state index contributed by atoms with van der Waals surface area (Å²) in [5.41, 5.74) is 5.75. The van der Waals surface area contributed by atoms with Crippen LogP contribution in [-0.2, 0) is 4.79 Å². The monoisotopic (exact) mass is 301 g/mol. The molecule has 0 aromatic carbocycles. The van der Waals surface area contributed by atoms with E-state index in [9.17, 15) is 9.90 Å². The topological polar surface area (TPSA) is 83.5 Å². The maximum Gasteiger partial charge on any atom is 0.334 e. The Balaban J connectivity index is 3.44. The van der Waals surface area contributed by atoms with Crippen molar-refractivity contribution in [2.75, 3.05) is 0 Å². The molecule has 0 aliphatic rings. The van der Waals surface area contributed by atoms with Gasteiger partial charge in [-0.2, -0.15) is 0 Å². The molecule has 4 heteroatoms. The first kappa shape index (κ1) is 20.4. The number of carboxylic acids is 1. The lowest BCUT2D eigenvalue weighted by atomic mass is 9.92. The van der Waals surface area contributed by atoms with Crippen molar-refractivity contribution < 1.29 is 15.0 Å². The summed E-state index contributed by atoms with van der Waals surface area (Å²) in [6.45, 7) is 4.16. The summed E-state index contributed by atoms with van der Waals surface area (Å²) < 4.78 is 0. The van der Waals surface area contributed by atoms with Crippen LogP contribution in [0, 0.1) is 5.92 Å². The van der Waals surface area contributed by atoms with E-state index >= 15 is 0 Å². The molecule has 0 rings (SSSR count). The number of carboxylic acid groups (broad SMARTS) is 1. The van der Waals surface area contributed by atoms with E-state index in [-0.39, 0.29) is 5.92 Å². The second kappa shape index (κ2) is 13.1. The third-order valence-corrected chi connectivity index (χ3v) is 4.29. The smallest absolute Gasteiger partial charge is 0.334 e. The Morgan fingerprint density at radius 1 is 0.952 bits per heavy atom. The number of aliphatic hydroxyl groups is 1. The number of aliphatic hydroxyl groups excluding tert-OH is 1. The summed E-state index contributed by atoms with van der Waals surface area (Å²) in [5, 5.41) is 18.1. The number of nitrogens with two attached hydrogens (primary N) is 1. The zero-order valence-electron chi connectivity index (χ0n) is 13.9. The Morgan fingerprint density at radius 2 is 1.38 bits per heavy atom. The standard InChI is InChI=1S/C17H35NO3/c1-3-4-5-6-7-8-9-10-11-12-13-14(2)15(18)16(19)17(20)21/h14-16,19H,3-13,18H2,1-2H3,(H,20,21). The molecule has 0 spiro atoms. The quantitative estimate of drug-likeness (QED) is 0.427. The molecule has 0 saturated heterocycles. The van der Waals surface area contributed by atoms with E-state index in [1.807, 2.05) is 6.92 Å². The number of hydrogen-bond acceptors (Lipinski definition) is 3. The van der Waals surface area contributed by atoms with Crippen molar-refractivity contribution in [1.82, 2.24) is 0 Å². The highest BCUT2D eigenvalue weighted by Crippen LogP contribution is 2.16. The minimum absolute atomic E-state index is 0.0464. The predicted octanol–water partition coefficient (Wildman–Crippen LogP) is 3.71. The summed E-state index contributed by atoms with van der Waals surface area (Å²) in [6.07, 6.45) is 12.3. The molecule has 0 aromatic rings. The van der Waals surface area contributed by atoms with Crippen molar-refractivity contribution in [1.29, 1.82) is 0 Å². The molecular formula is C17H35NO3. The summed E-state index contributed by atoms with van der Waals surface area (Å²) in [5.74, 6) is -1.18. The lowest BCUT2D eigenvalue weighted by molar-refractivity contribution is -0.148. The fourth-order valence-electron chi connectivity index (χ4n) is 2.62. The molecule has 3 atom stereocenters. The summed E-state index contributed by atoms with van der Waals surface area (Å²) >= 11 is 0. The van der Waals surface area contributed by atoms with Crippen LogP contribution in [-0.4, -0.2) is 28.3 Å². The van der Waals surface area contributed by atoms with Crippen LogP contribution in [0.2, 0.25) is 0 Å². The Bertz CT molecular complexity index is 258. The zero-order chi connectivity index (χ0) is 16.1. The Morgan fingerprint density at radius 3 is 1.81 bits per heavy atom. The first-order valence-electron chi connectivity index (χ1n) is 8.67. The molecule has 0 aromatic heterocycles. The van der Waals surface area contributed by atoms with E-state index < -0.39 is 18.1 Å². The molecule has 0 saturated carbocycles. The lowest BCUT2D eigenvalue weighted by Gasteiger charge is -2.22. The Labute approximate surface area is 130 Å².